The third-order valence-electron chi connectivity index (χ3n) is 2.61. The molecule has 2 aromatic heterocycles. The number of hydrogen-bond donors (Lipinski definition) is 1. The molecule has 2 rings (SSSR count). The predicted octanol–water partition coefficient (Wildman–Crippen LogP) is 1.56. The fourth-order valence-electron chi connectivity index (χ4n) is 1.81. The second kappa shape index (κ2) is 4.95. The second-order valence-electron chi connectivity index (χ2n) is 4.10. The van der Waals surface area contributed by atoms with Crippen molar-refractivity contribution in [3.63, 3.8) is 0 Å². The molecule has 0 amide bonds. The van der Waals surface area contributed by atoms with Gasteiger partial charge in [0, 0.05) is 5.69 Å². The lowest BCUT2D eigenvalue weighted by Gasteiger charge is -2.06. The maximum Gasteiger partial charge on any atom is 0.169 e. The highest BCUT2D eigenvalue weighted by Crippen LogP contribution is 2.11. The van der Waals surface area contributed by atoms with Gasteiger partial charge in [-0.2, -0.15) is 0 Å². The van der Waals surface area contributed by atoms with Crippen molar-refractivity contribution < 1.29 is 0 Å². The largest absolute Gasteiger partial charge is 0.381 e. The Morgan fingerprint density at radius 2 is 2.18 bits per heavy atom. The highest BCUT2D eigenvalue weighted by Gasteiger charge is 2.09. The Kier molecular flexibility index (Phi) is 3.37. The molecule has 0 aliphatic rings. The zero-order valence-electron chi connectivity index (χ0n) is 10.2. The molecule has 2 heterocycles. The first-order chi connectivity index (χ1) is 8.20. The second-order valence-corrected chi connectivity index (χ2v) is 4.10. The molecule has 90 valence electrons. The summed E-state index contributed by atoms with van der Waals surface area (Å²) < 4.78 is 1.83. The van der Waals surface area contributed by atoms with Gasteiger partial charge in [-0.15, -0.1) is 5.10 Å². The quantitative estimate of drug-likeness (QED) is 0.867. The zero-order chi connectivity index (χ0) is 12.3. The molecule has 0 aromatic carbocycles. The summed E-state index contributed by atoms with van der Waals surface area (Å²) in [6, 6.07) is 5.96. The summed E-state index contributed by atoms with van der Waals surface area (Å²) in [5.41, 5.74) is 8.78. The van der Waals surface area contributed by atoms with Crippen molar-refractivity contribution in [3.8, 4) is 0 Å². The minimum absolute atomic E-state index is 0.527. The molecule has 0 atom stereocenters. The molecule has 0 aliphatic heterocycles. The van der Waals surface area contributed by atoms with E-state index in [0.29, 0.717) is 12.4 Å². The van der Waals surface area contributed by atoms with E-state index >= 15 is 0 Å². The van der Waals surface area contributed by atoms with Crippen LogP contribution >= 0.6 is 0 Å². The van der Waals surface area contributed by atoms with Crippen LogP contribution in [0.5, 0.6) is 0 Å². The highest BCUT2D eigenvalue weighted by molar-refractivity contribution is 5.33. The fourth-order valence-corrected chi connectivity index (χ4v) is 1.81. The van der Waals surface area contributed by atoms with E-state index in [1.54, 1.807) is 0 Å². The number of nitrogens with two attached hydrogens (primary N) is 1. The lowest BCUT2D eigenvalue weighted by Crippen LogP contribution is -2.08. The fraction of sp³-hybridized carbons (Fsp3) is 0.417. The average Bonchev–Trinajstić information content (AvgIpc) is 2.62. The lowest BCUT2D eigenvalue weighted by atomic mass is 10.2. The Bertz CT molecular complexity index is 503. The van der Waals surface area contributed by atoms with Crippen LogP contribution in [-0.4, -0.2) is 20.0 Å². The van der Waals surface area contributed by atoms with Crippen molar-refractivity contribution in [2.24, 2.45) is 0 Å². The molecule has 0 fully saturated rings. The number of nitrogens with zero attached hydrogens (tertiary/aromatic N) is 4. The van der Waals surface area contributed by atoms with Crippen LogP contribution < -0.4 is 5.73 Å². The Balaban J connectivity index is 2.24. The normalized spacial score (nSPS) is 10.7. The maximum absolute atomic E-state index is 5.80. The Morgan fingerprint density at radius 3 is 2.88 bits per heavy atom. The summed E-state index contributed by atoms with van der Waals surface area (Å²) >= 11 is 0. The molecule has 17 heavy (non-hydrogen) atoms. The summed E-state index contributed by atoms with van der Waals surface area (Å²) in [5, 5.41) is 7.98. The van der Waals surface area contributed by atoms with Gasteiger partial charge in [0.25, 0.3) is 0 Å². The smallest absolute Gasteiger partial charge is 0.169 e. The Labute approximate surface area is 101 Å². The molecular formula is C12H17N5. The summed E-state index contributed by atoms with van der Waals surface area (Å²) in [6.45, 7) is 4.72. The van der Waals surface area contributed by atoms with E-state index < -0.39 is 0 Å². The van der Waals surface area contributed by atoms with Gasteiger partial charge in [0.15, 0.2) is 5.82 Å². The molecular weight excluding hydrogens is 214 g/mol. The van der Waals surface area contributed by atoms with E-state index in [1.807, 2.05) is 29.8 Å². The minimum Gasteiger partial charge on any atom is -0.381 e. The molecule has 5 nitrogen and oxygen atoms in total. The molecule has 2 N–H and O–H groups in total. The standard InChI is InChI=1S/C12H17N5/c1-3-5-11-12(13)15-16-17(11)8-10-7-4-6-9(2)14-10/h4,6-7H,3,5,8,13H2,1-2H3. The van der Waals surface area contributed by atoms with Gasteiger partial charge in [-0.25, -0.2) is 4.68 Å². The van der Waals surface area contributed by atoms with Crippen LogP contribution in [0.4, 0.5) is 5.82 Å². The van der Waals surface area contributed by atoms with Crippen LogP contribution in [0, 0.1) is 6.92 Å². The Hall–Kier alpha value is -1.91. The summed E-state index contributed by atoms with van der Waals surface area (Å²) in [7, 11) is 0. The van der Waals surface area contributed by atoms with E-state index in [-0.39, 0.29) is 0 Å². The van der Waals surface area contributed by atoms with Gasteiger partial charge in [0.05, 0.1) is 17.9 Å². The van der Waals surface area contributed by atoms with Crippen LogP contribution in [-0.2, 0) is 13.0 Å². The van der Waals surface area contributed by atoms with E-state index in [4.69, 9.17) is 5.73 Å². The molecule has 5 heteroatoms. The van der Waals surface area contributed by atoms with E-state index in [1.165, 1.54) is 0 Å². The van der Waals surface area contributed by atoms with Crippen LogP contribution in [0.25, 0.3) is 0 Å². The third-order valence-corrected chi connectivity index (χ3v) is 2.61. The molecule has 0 radical (unpaired) electrons. The minimum atomic E-state index is 0.527. The van der Waals surface area contributed by atoms with Gasteiger partial charge in [-0.1, -0.05) is 24.6 Å². The third kappa shape index (κ3) is 2.61. The number of rotatable bonds is 4. The molecule has 0 spiro atoms. The van der Waals surface area contributed by atoms with Crippen LogP contribution in [0.3, 0.4) is 0 Å². The molecule has 0 aliphatic carbocycles. The molecule has 0 unspecified atom stereocenters. The number of aromatic nitrogens is 4. The first-order valence-electron chi connectivity index (χ1n) is 5.81. The highest BCUT2D eigenvalue weighted by atomic mass is 15.4. The number of pyridine rings is 1. The summed E-state index contributed by atoms with van der Waals surface area (Å²) in [6.07, 6.45) is 1.92. The van der Waals surface area contributed by atoms with Gasteiger partial charge in [0.2, 0.25) is 0 Å². The molecule has 0 saturated heterocycles. The van der Waals surface area contributed by atoms with Gasteiger partial charge >= 0.3 is 0 Å². The number of hydrogen-bond acceptors (Lipinski definition) is 4. The van der Waals surface area contributed by atoms with Crippen molar-refractivity contribution in [1.29, 1.82) is 0 Å². The van der Waals surface area contributed by atoms with Crippen molar-refractivity contribution in [2.75, 3.05) is 5.73 Å². The first-order valence-corrected chi connectivity index (χ1v) is 5.81. The van der Waals surface area contributed by atoms with Crippen molar-refractivity contribution in [1.82, 2.24) is 20.0 Å². The topological polar surface area (TPSA) is 69.6 Å². The van der Waals surface area contributed by atoms with E-state index in [0.717, 1.165) is 29.9 Å². The summed E-state index contributed by atoms with van der Waals surface area (Å²) in [4.78, 5) is 4.45. The van der Waals surface area contributed by atoms with Crippen LogP contribution in [0.15, 0.2) is 18.2 Å². The summed E-state index contributed by atoms with van der Waals surface area (Å²) in [5.74, 6) is 0.527. The number of nitrogen functional groups attached to an aromatic ring is 1. The van der Waals surface area contributed by atoms with Gasteiger partial charge in [0.1, 0.15) is 0 Å². The van der Waals surface area contributed by atoms with Crippen molar-refractivity contribution in [2.45, 2.75) is 33.2 Å². The Morgan fingerprint density at radius 1 is 1.35 bits per heavy atom. The maximum atomic E-state index is 5.80. The van der Waals surface area contributed by atoms with Gasteiger partial charge in [-0.3, -0.25) is 4.98 Å². The van der Waals surface area contributed by atoms with Crippen LogP contribution in [0.1, 0.15) is 30.4 Å². The monoisotopic (exact) mass is 231 g/mol. The van der Waals surface area contributed by atoms with E-state index in [2.05, 4.69) is 22.2 Å². The lowest BCUT2D eigenvalue weighted by molar-refractivity contribution is 0.603. The van der Waals surface area contributed by atoms with Crippen molar-refractivity contribution >= 4 is 5.82 Å². The number of anilines is 1. The zero-order valence-corrected chi connectivity index (χ0v) is 10.2. The first kappa shape index (κ1) is 11.6. The van der Waals surface area contributed by atoms with Gasteiger partial charge < -0.3 is 5.73 Å². The SMILES string of the molecule is CCCc1c(N)nnn1Cc1cccc(C)n1. The van der Waals surface area contributed by atoms with Crippen LogP contribution in [0.2, 0.25) is 0 Å². The van der Waals surface area contributed by atoms with Gasteiger partial charge in [-0.05, 0) is 25.5 Å². The van der Waals surface area contributed by atoms with E-state index in [9.17, 15) is 0 Å². The number of aryl methyl sites for hydroxylation is 1. The molecule has 2 aromatic rings. The predicted molar refractivity (Wildman–Crippen MR) is 66.5 cm³/mol. The average molecular weight is 231 g/mol. The van der Waals surface area contributed by atoms with Crippen molar-refractivity contribution in [3.05, 3.63) is 35.3 Å². The molecule has 0 bridgehead atoms. The molecule has 0 saturated carbocycles.